The lowest BCUT2D eigenvalue weighted by atomic mass is 10.0. The SMILES string of the molecule is C=CCCCCc1ccccc1C=NN=Cc1ccc(-c2ccc(CC)cc2)c(F)c1. The maximum atomic E-state index is 14.6. The number of unbranched alkanes of at least 4 members (excludes halogenated alkanes) is 2. The van der Waals surface area contributed by atoms with Crippen molar-refractivity contribution in [3.8, 4) is 11.1 Å². The molecule has 2 nitrogen and oxygen atoms in total. The first-order valence-corrected chi connectivity index (χ1v) is 10.9. The van der Waals surface area contributed by atoms with Gasteiger partial charge < -0.3 is 0 Å². The Morgan fingerprint density at radius 1 is 0.903 bits per heavy atom. The molecule has 31 heavy (non-hydrogen) atoms. The second-order valence-corrected chi connectivity index (χ2v) is 7.51. The molecule has 3 aromatic rings. The molecule has 3 heteroatoms. The molecule has 0 aliphatic rings. The van der Waals surface area contributed by atoms with E-state index in [-0.39, 0.29) is 5.82 Å². The first-order valence-electron chi connectivity index (χ1n) is 10.9. The molecule has 0 radical (unpaired) electrons. The third-order valence-electron chi connectivity index (χ3n) is 5.30. The number of benzene rings is 3. The van der Waals surface area contributed by atoms with Gasteiger partial charge in [-0.15, -0.1) is 6.58 Å². The summed E-state index contributed by atoms with van der Waals surface area (Å²) in [5.41, 5.74) is 5.71. The highest BCUT2D eigenvalue weighted by atomic mass is 19.1. The van der Waals surface area contributed by atoms with Crippen molar-refractivity contribution >= 4 is 12.4 Å². The fourth-order valence-corrected chi connectivity index (χ4v) is 3.45. The molecule has 0 aromatic heterocycles. The largest absolute Gasteiger partial charge is 0.206 e. The van der Waals surface area contributed by atoms with Crippen LogP contribution in [-0.2, 0) is 12.8 Å². The molecule has 0 amide bonds. The van der Waals surface area contributed by atoms with E-state index in [4.69, 9.17) is 0 Å². The Bertz CT molecular complexity index is 1050. The Morgan fingerprint density at radius 3 is 2.42 bits per heavy atom. The monoisotopic (exact) mass is 412 g/mol. The van der Waals surface area contributed by atoms with Crippen LogP contribution in [0.25, 0.3) is 11.1 Å². The number of hydrogen-bond donors (Lipinski definition) is 0. The van der Waals surface area contributed by atoms with Crippen LogP contribution in [0.2, 0.25) is 0 Å². The van der Waals surface area contributed by atoms with Gasteiger partial charge in [-0.1, -0.05) is 73.7 Å². The van der Waals surface area contributed by atoms with E-state index in [9.17, 15) is 4.39 Å². The van der Waals surface area contributed by atoms with Gasteiger partial charge in [0.05, 0.1) is 12.4 Å². The van der Waals surface area contributed by atoms with Crippen LogP contribution < -0.4 is 0 Å². The van der Waals surface area contributed by atoms with Crippen LogP contribution in [0.5, 0.6) is 0 Å². The molecule has 0 aliphatic heterocycles. The van der Waals surface area contributed by atoms with Crippen molar-refractivity contribution in [2.75, 3.05) is 0 Å². The zero-order valence-electron chi connectivity index (χ0n) is 18.1. The Morgan fingerprint density at radius 2 is 1.68 bits per heavy atom. The zero-order valence-corrected chi connectivity index (χ0v) is 18.1. The van der Waals surface area contributed by atoms with Gasteiger partial charge in [-0.3, -0.25) is 0 Å². The number of allylic oxidation sites excluding steroid dienone is 1. The van der Waals surface area contributed by atoms with E-state index in [1.807, 2.05) is 54.6 Å². The minimum absolute atomic E-state index is 0.262. The van der Waals surface area contributed by atoms with Gasteiger partial charge in [0.15, 0.2) is 0 Å². The molecular weight excluding hydrogens is 383 g/mol. The van der Waals surface area contributed by atoms with Gasteiger partial charge >= 0.3 is 0 Å². The highest BCUT2D eigenvalue weighted by Crippen LogP contribution is 2.24. The Labute approximate surface area is 184 Å². The minimum atomic E-state index is -0.262. The normalized spacial score (nSPS) is 11.4. The molecule has 0 atom stereocenters. The molecular formula is C28H29FN2. The van der Waals surface area contributed by atoms with Crippen molar-refractivity contribution in [1.29, 1.82) is 0 Å². The lowest BCUT2D eigenvalue weighted by Crippen LogP contribution is -1.93. The molecule has 0 saturated carbocycles. The maximum absolute atomic E-state index is 14.6. The predicted molar refractivity (Wildman–Crippen MR) is 131 cm³/mol. The molecule has 0 heterocycles. The molecule has 0 spiro atoms. The van der Waals surface area contributed by atoms with Crippen LogP contribution in [0.15, 0.2) is 89.6 Å². The standard InChI is InChI=1S/C28H29FN2/c1-3-5-6-7-10-24-11-8-9-12-26(24)21-31-30-20-23-15-18-27(28(29)19-23)25-16-13-22(4-2)14-17-25/h3,8-9,11-21H,1,4-7,10H2,2H3. The van der Waals surface area contributed by atoms with Gasteiger partial charge in [0.2, 0.25) is 0 Å². The molecule has 3 aromatic carbocycles. The average Bonchev–Trinajstić information content (AvgIpc) is 2.80. The van der Waals surface area contributed by atoms with E-state index in [0.29, 0.717) is 11.1 Å². The topological polar surface area (TPSA) is 24.7 Å². The van der Waals surface area contributed by atoms with Crippen LogP contribution in [-0.4, -0.2) is 12.4 Å². The van der Waals surface area contributed by atoms with Gasteiger partial charge in [0, 0.05) is 5.56 Å². The van der Waals surface area contributed by atoms with Crippen molar-refractivity contribution in [2.24, 2.45) is 10.2 Å². The molecule has 0 fully saturated rings. The molecule has 0 bridgehead atoms. The maximum Gasteiger partial charge on any atom is 0.131 e. The summed E-state index contributed by atoms with van der Waals surface area (Å²) in [6.45, 7) is 5.88. The highest BCUT2D eigenvalue weighted by molar-refractivity contribution is 5.84. The molecule has 0 saturated heterocycles. The van der Waals surface area contributed by atoms with Crippen molar-refractivity contribution in [1.82, 2.24) is 0 Å². The van der Waals surface area contributed by atoms with E-state index in [0.717, 1.165) is 43.2 Å². The molecule has 0 unspecified atom stereocenters. The Hall–Kier alpha value is -3.33. The molecule has 0 aliphatic carbocycles. The summed E-state index contributed by atoms with van der Waals surface area (Å²) in [4.78, 5) is 0. The highest BCUT2D eigenvalue weighted by Gasteiger charge is 2.05. The molecule has 158 valence electrons. The van der Waals surface area contributed by atoms with Crippen molar-refractivity contribution in [3.63, 3.8) is 0 Å². The number of aryl methyl sites for hydroxylation is 2. The summed E-state index contributed by atoms with van der Waals surface area (Å²) < 4.78 is 14.6. The van der Waals surface area contributed by atoms with E-state index in [1.54, 1.807) is 18.5 Å². The number of nitrogens with zero attached hydrogens (tertiary/aromatic N) is 2. The quantitative estimate of drug-likeness (QED) is 0.143. The van der Waals surface area contributed by atoms with Crippen LogP contribution in [0.4, 0.5) is 4.39 Å². The predicted octanol–water partition coefficient (Wildman–Crippen LogP) is 7.41. The number of hydrogen-bond acceptors (Lipinski definition) is 2. The smallest absolute Gasteiger partial charge is 0.131 e. The summed E-state index contributed by atoms with van der Waals surface area (Å²) in [6.07, 6.45) is 10.6. The van der Waals surface area contributed by atoms with Crippen LogP contribution in [0.1, 0.15) is 48.4 Å². The summed E-state index contributed by atoms with van der Waals surface area (Å²) in [5.74, 6) is -0.262. The van der Waals surface area contributed by atoms with Crippen LogP contribution >= 0.6 is 0 Å². The lowest BCUT2D eigenvalue weighted by molar-refractivity contribution is 0.631. The Kier molecular flexibility index (Phi) is 8.48. The first-order chi connectivity index (χ1) is 15.2. The minimum Gasteiger partial charge on any atom is -0.206 e. The fraction of sp³-hybridized carbons (Fsp3) is 0.214. The first kappa shape index (κ1) is 22.4. The lowest BCUT2D eigenvalue weighted by Gasteiger charge is -2.05. The second-order valence-electron chi connectivity index (χ2n) is 7.51. The summed E-state index contributed by atoms with van der Waals surface area (Å²) >= 11 is 0. The van der Waals surface area contributed by atoms with Crippen molar-refractivity contribution < 1.29 is 4.39 Å². The summed E-state index contributed by atoms with van der Waals surface area (Å²) in [6, 6.07) is 21.4. The second kappa shape index (κ2) is 11.8. The number of halogens is 1. The van der Waals surface area contributed by atoms with Crippen LogP contribution in [0.3, 0.4) is 0 Å². The van der Waals surface area contributed by atoms with Crippen LogP contribution in [0, 0.1) is 5.82 Å². The van der Waals surface area contributed by atoms with Gasteiger partial charge in [0.1, 0.15) is 5.82 Å². The van der Waals surface area contributed by atoms with Crippen molar-refractivity contribution in [3.05, 3.63) is 107 Å². The van der Waals surface area contributed by atoms with E-state index in [1.165, 1.54) is 17.2 Å². The summed E-state index contributed by atoms with van der Waals surface area (Å²) in [5, 5.41) is 8.30. The third kappa shape index (κ3) is 6.58. The van der Waals surface area contributed by atoms with Gasteiger partial charge in [0.25, 0.3) is 0 Å². The van der Waals surface area contributed by atoms with E-state index >= 15 is 0 Å². The van der Waals surface area contributed by atoms with Crippen molar-refractivity contribution in [2.45, 2.75) is 39.0 Å². The fourth-order valence-electron chi connectivity index (χ4n) is 3.45. The van der Waals surface area contributed by atoms with E-state index < -0.39 is 0 Å². The Balaban J connectivity index is 1.65. The van der Waals surface area contributed by atoms with Gasteiger partial charge in [-0.25, -0.2) is 4.39 Å². The molecule has 3 rings (SSSR count). The summed E-state index contributed by atoms with van der Waals surface area (Å²) in [7, 11) is 0. The third-order valence-corrected chi connectivity index (χ3v) is 5.30. The molecule has 0 N–H and O–H groups in total. The number of rotatable bonds is 10. The van der Waals surface area contributed by atoms with Gasteiger partial charge in [-0.2, -0.15) is 10.2 Å². The van der Waals surface area contributed by atoms with E-state index in [2.05, 4.69) is 29.8 Å². The zero-order chi connectivity index (χ0) is 21.9. The van der Waals surface area contributed by atoms with Gasteiger partial charge in [-0.05, 0) is 66.0 Å². The average molecular weight is 413 g/mol.